The molecule has 0 radical (unpaired) electrons. The molecule has 6 N–H and O–H groups in total. The maximum absolute atomic E-state index is 14.3. The number of ether oxygens (including phenoxy) is 2. The zero-order valence-corrected chi connectivity index (χ0v) is 31.5. The van der Waals surface area contributed by atoms with Gasteiger partial charge in [0.05, 0.1) is 18.4 Å². The van der Waals surface area contributed by atoms with Crippen molar-refractivity contribution in [3.8, 4) is 5.75 Å². The Balaban J connectivity index is 1.60. The van der Waals surface area contributed by atoms with Gasteiger partial charge in [0.1, 0.15) is 40.0 Å². The first kappa shape index (κ1) is 40.0. The molecule has 1 aromatic carbocycles. The Labute approximate surface area is 307 Å². The number of benzene rings is 1. The van der Waals surface area contributed by atoms with Gasteiger partial charge < -0.3 is 36.2 Å². The lowest BCUT2D eigenvalue weighted by Gasteiger charge is -2.30. The van der Waals surface area contributed by atoms with E-state index in [1.54, 1.807) is 72.1 Å². The number of methoxy groups -OCH3 is 1. The number of carbonyl (C=O) groups is 5. The van der Waals surface area contributed by atoms with Crippen LogP contribution in [0.1, 0.15) is 78.7 Å². The summed E-state index contributed by atoms with van der Waals surface area (Å²) in [7, 11) is -0.0347. The monoisotopic (exact) mass is 741 g/mol. The van der Waals surface area contributed by atoms with Gasteiger partial charge in [-0.25, -0.2) is 9.00 Å². The number of allylic oxidation sites excluding steroid dienone is 2. The van der Waals surface area contributed by atoms with E-state index in [4.69, 9.17) is 15.2 Å². The van der Waals surface area contributed by atoms with E-state index in [0.717, 1.165) is 18.4 Å². The maximum atomic E-state index is 14.3. The average Bonchev–Trinajstić information content (AvgIpc) is 4.00. The highest BCUT2D eigenvalue weighted by atomic mass is 32.2. The zero-order valence-electron chi connectivity index (χ0n) is 30.7. The first-order chi connectivity index (χ1) is 24.5. The van der Waals surface area contributed by atoms with Gasteiger partial charge in [-0.1, -0.05) is 11.6 Å². The Morgan fingerprint density at radius 2 is 1.83 bits per heavy atom. The number of nitrogens with one attached hydrogen (secondary N) is 4. The third kappa shape index (κ3) is 10.7. The van der Waals surface area contributed by atoms with Crippen LogP contribution in [0.5, 0.6) is 5.75 Å². The number of ketones is 1. The van der Waals surface area contributed by atoms with Crippen molar-refractivity contribution in [2.24, 2.45) is 16.8 Å². The zero-order chi connectivity index (χ0) is 38.4. The van der Waals surface area contributed by atoms with Crippen LogP contribution >= 0.6 is 0 Å². The Hall–Kier alpha value is -4.73. The number of carbonyl (C=O) groups excluding carboxylic acids is 5. The van der Waals surface area contributed by atoms with E-state index in [1.165, 1.54) is 11.0 Å². The van der Waals surface area contributed by atoms with E-state index in [-0.39, 0.29) is 49.1 Å². The number of hydrogen-bond acceptors (Lipinski definition) is 10. The van der Waals surface area contributed by atoms with Crippen molar-refractivity contribution in [3.63, 3.8) is 0 Å². The molecule has 4 amide bonds. The number of likely N-dealkylation sites (tertiary alicyclic amines) is 1. The van der Waals surface area contributed by atoms with Crippen LogP contribution < -0.4 is 31.3 Å². The molecular weight excluding hydrogens is 691 g/mol. The number of rotatable bonds is 16. The van der Waals surface area contributed by atoms with E-state index in [0.29, 0.717) is 11.3 Å². The molecule has 1 aliphatic heterocycles. The Kier molecular flexibility index (Phi) is 12.9. The molecule has 6 atom stereocenters. The minimum Gasteiger partial charge on any atom is -0.497 e. The summed E-state index contributed by atoms with van der Waals surface area (Å²) in [6.45, 7) is 12.3. The second-order valence-corrected chi connectivity index (χ2v) is 16.1. The van der Waals surface area contributed by atoms with Crippen LogP contribution in [-0.4, -0.2) is 92.7 Å². The molecule has 0 aromatic heterocycles. The van der Waals surface area contributed by atoms with Gasteiger partial charge >= 0.3 is 6.09 Å². The molecule has 0 spiro atoms. The highest BCUT2D eigenvalue weighted by molar-refractivity contribution is 7.84. The van der Waals surface area contributed by atoms with Crippen molar-refractivity contribution in [1.82, 2.24) is 25.7 Å². The number of hydrazone groups is 1. The van der Waals surface area contributed by atoms with Crippen LogP contribution in [0.4, 0.5) is 4.79 Å². The Morgan fingerprint density at radius 3 is 2.38 bits per heavy atom. The predicted molar refractivity (Wildman–Crippen MR) is 196 cm³/mol. The van der Waals surface area contributed by atoms with Crippen LogP contribution in [-0.2, 0) is 34.9 Å². The second-order valence-electron chi connectivity index (χ2n) is 14.7. The standard InChI is InChI=1S/C36H51N7O8S/c1-8-23-19-36(23,33(47)42-52(49)27-14-15-27)39-31(45)29-18-24(40-41-30(37)22-9-12-26(50-7)13-10-22)20-43(29)32(46)28(16-11-25(44)17-21(2)3)38-34(48)51-35(4,5)6/h8-10,12-13,17,23-24,27-29,40H,1,11,14-16,18-20H2,2-7H3,(H2,37,41)(H,38,48)(H,39,45)(H,42,47). The number of hydrogen-bond donors (Lipinski definition) is 5. The van der Waals surface area contributed by atoms with E-state index in [9.17, 15) is 28.2 Å². The van der Waals surface area contributed by atoms with Crippen molar-refractivity contribution >= 4 is 46.4 Å². The summed E-state index contributed by atoms with van der Waals surface area (Å²) in [4.78, 5) is 68.7. The average molecular weight is 742 g/mol. The van der Waals surface area contributed by atoms with Crippen molar-refractivity contribution in [1.29, 1.82) is 0 Å². The molecular formula is C36H51N7O8S. The molecule has 4 rings (SSSR count). The van der Waals surface area contributed by atoms with Gasteiger partial charge in [-0.05, 0) is 90.6 Å². The highest BCUT2D eigenvalue weighted by Gasteiger charge is 2.61. The van der Waals surface area contributed by atoms with Crippen molar-refractivity contribution in [3.05, 3.63) is 54.1 Å². The summed E-state index contributed by atoms with van der Waals surface area (Å²) < 4.78 is 25.7. The van der Waals surface area contributed by atoms with Gasteiger partial charge in [-0.15, -0.1) is 6.58 Å². The molecule has 6 unspecified atom stereocenters. The topological polar surface area (TPSA) is 211 Å². The van der Waals surface area contributed by atoms with E-state index in [2.05, 4.69) is 32.5 Å². The number of nitrogens with zero attached hydrogens (tertiary/aromatic N) is 2. The summed E-state index contributed by atoms with van der Waals surface area (Å²) in [6.07, 6.45) is 3.83. The molecule has 2 saturated carbocycles. The first-order valence-corrected chi connectivity index (χ1v) is 18.5. The van der Waals surface area contributed by atoms with Crippen LogP contribution in [0.25, 0.3) is 0 Å². The minimum atomic E-state index is -1.58. The maximum Gasteiger partial charge on any atom is 0.408 e. The summed E-state index contributed by atoms with van der Waals surface area (Å²) in [6, 6.07) is 4.00. The smallest absolute Gasteiger partial charge is 0.408 e. The van der Waals surface area contributed by atoms with Gasteiger partial charge in [0.2, 0.25) is 11.8 Å². The Bertz CT molecular complexity index is 1630. The lowest BCUT2D eigenvalue weighted by Crippen LogP contribution is -2.58. The number of amidine groups is 1. The molecule has 16 heteroatoms. The van der Waals surface area contributed by atoms with Gasteiger partial charge in [-0.3, -0.25) is 23.9 Å². The molecule has 3 fully saturated rings. The van der Waals surface area contributed by atoms with Gasteiger partial charge in [0.25, 0.3) is 5.91 Å². The quantitative estimate of drug-likeness (QED) is 0.0548. The fraction of sp³-hybridized carbons (Fsp3) is 0.556. The van der Waals surface area contributed by atoms with Crippen LogP contribution in [0.2, 0.25) is 0 Å². The van der Waals surface area contributed by atoms with Crippen LogP contribution in [0.15, 0.2) is 53.7 Å². The summed E-state index contributed by atoms with van der Waals surface area (Å²) in [5.74, 6) is -1.69. The minimum absolute atomic E-state index is 0.0273. The fourth-order valence-corrected chi connectivity index (χ4v) is 6.98. The number of nitrogens with two attached hydrogens (primary N) is 1. The van der Waals surface area contributed by atoms with Gasteiger partial charge in [0, 0.05) is 30.9 Å². The molecule has 1 saturated heterocycles. The van der Waals surface area contributed by atoms with Crippen molar-refractivity contribution < 1.29 is 37.7 Å². The molecule has 52 heavy (non-hydrogen) atoms. The summed E-state index contributed by atoms with van der Waals surface area (Å²) in [5, 5.41) is 9.64. The molecule has 1 aromatic rings. The SMILES string of the molecule is C=CC1CC1(NC(=O)C1CC(NN=C(N)c2ccc(OC)cc2)CN1C(=O)C(CCC(=O)C=C(C)C)NC(=O)OC(C)(C)C)C(=O)NS(=O)C1CC1. The lowest BCUT2D eigenvalue weighted by molar-refractivity contribution is -0.141. The highest BCUT2D eigenvalue weighted by Crippen LogP contribution is 2.45. The third-order valence-corrected chi connectivity index (χ3v) is 10.3. The van der Waals surface area contributed by atoms with Crippen LogP contribution in [0.3, 0.4) is 0 Å². The van der Waals surface area contributed by atoms with Gasteiger partial charge in [-0.2, -0.15) is 5.10 Å². The van der Waals surface area contributed by atoms with Crippen molar-refractivity contribution in [2.75, 3.05) is 13.7 Å². The van der Waals surface area contributed by atoms with Crippen molar-refractivity contribution in [2.45, 2.75) is 108 Å². The van der Waals surface area contributed by atoms with E-state index < -0.39 is 70.0 Å². The molecule has 0 bridgehead atoms. The predicted octanol–water partition coefficient (Wildman–Crippen LogP) is 2.09. The molecule has 2 aliphatic carbocycles. The molecule has 15 nitrogen and oxygen atoms in total. The first-order valence-electron chi connectivity index (χ1n) is 17.3. The third-order valence-electron chi connectivity index (χ3n) is 8.83. The van der Waals surface area contributed by atoms with E-state index >= 15 is 0 Å². The second kappa shape index (κ2) is 16.7. The van der Waals surface area contributed by atoms with Crippen LogP contribution in [0, 0.1) is 5.92 Å². The molecule has 1 heterocycles. The fourth-order valence-electron chi connectivity index (χ4n) is 5.88. The number of alkyl carbamates (subject to hydrolysis) is 1. The van der Waals surface area contributed by atoms with Gasteiger partial charge in [0.15, 0.2) is 11.6 Å². The summed E-state index contributed by atoms with van der Waals surface area (Å²) in [5.41, 5.74) is 8.35. The largest absolute Gasteiger partial charge is 0.497 e. The molecule has 284 valence electrons. The van der Waals surface area contributed by atoms with E-state index in [1.807, 2.05) is 0 Å². The normalized spacial score (nSPS) is 23.7. The summed E-state index contributed by atoms with van der Waals surface area (Å²) >= 11 is 0. The molecule has 3 aliphatic rings. The number of amides is 4. The lowest BCUT2D eigenvalue weighted by atomic mass is 10.0. The Morgan fingerprint density at radius 1 is 1.15 bits per heavy atom.